The van der Waals surface area contributed by atoms with E-state index in [1.54, 1.807) is 11.8 Å². The maximum Gasteiger partial charge on any atom is 0.124 e. The first-order chi connectivity index (χ1) is 7.84. The smallest absolute Gasteiger partial charge is 0.124 e. The van der Waals surface area contributed by atoms with Crippen molar-refractivity contribution in [3.05, 3.63) is 59.7 Å². The molecular weight excluding hydrogens is 216 g/mol. The average Bonchev–Trinajstić information content (AvgIpc) is 2.45. The third-order valence-electron chi connectivity index (χ3n) is 2.59. The molecule has 0 saturated heterocycles. The van der Waals surface area contributed by atoms with Gasteiger partial charge in [-0.05, 0) is 23.8 Å². The van der Waals surface area contributed by atoms with Crippen molar-refractivity contribution in [2.45, 2.75) is 9.79 Å². The molecule has 16 heavy (non-hydrogen) atoms. The minimum absolute atomic E-state index is 0.341. The number of rotatable bonds is 0. The van der Waals surface area contributed by atoms with Crippen molar-refractivity contribution in [2.75, 3.05) is 0 Å². The Labute approximate surface area is 98.4 Å². The van der Waals surface area contributed by atoms with Crippen molar-refractivity contribution in [3.63, 3.8) is 0 Å². The fourth-order valence-electron chi connectivity index (χ4n) is 1.80. The molecule has 1 aliphatic rings. The lowest BCUT2D eigenvalue weighted by Crippen LogP contribution is -1.83. The van der Waals surface area contributed by atoms with Crippen molar-refractivity contribution >= 4 is 23.6 Å². The molecule has 1 nitrogen and oxygen atoms in total. The minimum Gasteiger partial charge on any atom is -0.507 e. The Morgan fingerprint density at radius 1 is 0.812 bits per heavy atom. The summed E-state index contributed by atoms with van der Waals surface area (Å²) in [4.78, 5) is 2.28. The minimum atomic E-state index is 0.341. The molecule has 0 aliphatic carbocycles. The first-order valence-electron chi connectivity index (χ1n) is 5.11. The highest BCUT2D eigenvalue weighted by atomic mass is 32.2. The first kappa shape index (κ1) is 9.55. The van der Waals surface area contributed by atoms with Gasteiger partial charge < -0.3 is 5.11 Å². The van der Waals surface area contributed by atoms with E-state index in [9.17, 15) is 5.11 Å². The second-order valence-electron chi connectivity index (χ2n) is 3.67. The van der Waals surface area contributed by atoms with Gasteiger partial charge in [0.1, 0.15) is 5.76 Å². The summed E-state index contributed by atoms with van der Waals surface area (Å²) < 4.78 is 0. The van der Waals surface area contributed by atoms with Crippen molar-refractivity contribution < 1.29 is 5.11 Å². The largest absolute Gasteiger partial charge is 0.507 e. The first-order valence-corrected chi connectivity index (χ1v) is 5.93. The number of benzene rings is 2. The molecule has 1 N–H and O–H groups in total. The predicted molar refractivity (Wildman–Crippen MR) is 67.5 cm³/mol. The SMILES string of the molecule is OC1=Cc2ccccc2Sc2ccccc21. The molecule has 0 spiro atoms. The molecule has 2 aromatic rings. The summed E-state index contributed by atoms with van der Waals surface area (Å²) in [6.45, 7) is 0. The molecule has 2 aromatic carbocycles. The number of aliphatic hydroxyl groups is 1. The standard InChI is InChI=1S/C14H10OS/c15-12-9-10-5-1-3-7-13(10)16-14-8-4-2-6-11(12)14/h1-9,15H. The Hall–Kier alpha value is -1.67. The van der Waals surface area contributed by atoms with Gasteiger partial charge in [0, 0.05) is 15.4 Å². The molecule has 78 valence electrons. The van der Waals surface area contributed by atoms with Crippen LogP contribution in [0.3, 0.4) is 0 Å². The molecule has 3 rings (SSSR count). The van der Waals surface area contributed by atoms with Crippen LogP contribution in [0.25, 0.3) is 11.8 Å². The lowest BCUT2D eigenvalue weighted by Gasteiger charge is -2.04. The van der Waals surface area contributed by atoms with Gasteiger partial charge in [-0.1, -0.05) is 48.2 Å². The van der Waals surface area contributed by atoms with Crippen molar-refractivity contribution in [1.29, 1.82) is 0 Å². The van der Waals surface area contributed by atoms with Gasteiger partial charge in [-0.3, -0.25) is 0 Å². The maximum absolute atomic E-state index is 10.0. The zero-order valence-corrected chi connectivity index (χ0v) is 9.37. The van der Waals surface area contributed by atoms with E-state index in [-0.39, 0.29) is 0 Å². The number of hydrogen-bond acceptors (Lipinski definition) is 2. The summed E-state index contributed by atoms with van der Waals surface area (Å²) in [5.74, 6) is 0.341. The van der Waals surface area contributed by atoms with Crippen LogP contribution < -0.4 is 0 Å². The van der Waals surface area contributed by atoms with Crippen molar-refractivity contribution in [2.24, 2.45) is 0 Å². The van der Waals surface area contributed by atoms with Gasteiger partial charge in [-0.25, -0.2) is 0 Å². The van der Waals surface area contributed by atoms with Gasteiger partial charge >= 0.3 is 0 Å². The normalized spacial score (nSPS) is 13.4. The maximum atomic E-state index is 10.0. The molecule has 0 amide bonds. The molecule has 0 atom stereocenters. The summed E-state index contributed by atoms with van der Waals surface area (Å²) in [5, 5.41) is 10.0. The lowest BCUT2D eigenvalue weighted by molar-refractivity contribution is 0.513. The Bertz CT molecular complexity index is 572. The molecular formula is C14H10OS. The molecule has 0 fully saturated rings. The summed E-state index contributed by atoms with van der Waals surface area (Å²) in [6.07, 6.45) is 1.83. The summed E-state index contributed by atoms with van der Waals surface area (Å²) >= 11 is 1.69. The van der Waals surface area contributed by atoms with Gasteiger partial charge in [-0.2, -0.15) is 0 Å². The fourth-order valence-corrected chi connectivity index (χ4v) is 2.86. The van der Waals surface area contributed by atoms with Crippen LogP contribution in [0, 0.1) is 0 Å². The zero-order chi connectivity index (χ0) is 11.0. The van der Waals surface area contributed by atoms with E-state index < -0.39 is 0 Å². The highest BCUT2D eigenvalue weighted by Gasteiger charge is 2.13. The molecule has 0 aromatic heterocycles. The van der Waals surface area contributed by atoms with E-state index in [0.29, 0.717) is 5.76 Å². The number of aliphatic hydroxyl groups excluding tert-OH is 1. The number of hydrogen-bond donors (Lipinski definition) is 1. The number of fused-ring (bicyclic) bond motifs is 2. The van der Waals surface area contributed by atoms with E-state index in [0.717, 1.165) is 16.0 Å². The van der Waals surface area contributed by atoms with Gasteiger partial charge in [0.25, 0.3) is 0 Å². The zero-order valence-electron chi connectivity index (χ0n) is 8.55. The fraction of sp³-hybridized carbons (Fsp3) is 0. The quantitative estimate of drug-likeness (QED) is 0.726. The van der Waals surface area contributed by atoms with Crippen molar-refractivity contribution in [1.82, 2.24) is 0 Å². The topological polar surface area (TPSA) is 20.2 Å². The van der Waals surface area contributed by atoms with Crippen LogP contribution >= 0.6 is 11.8 Å². The van der Waals surface area contributed by atoms with E-state index in [1.165, 1.54) is 4.90 Å². The second-order valence-corrected chi connectivity index (χ2v) is 4.75. The molecule has 0 saturated carbocycles. The molecule has 0 unspecified atom stereocenters. The Kier molecular flexibility index (Phi) is 2.22. The van der Waals surface area contributed by atoms with Gasteiger partial charge in [0.15, 0.2) is 0 Å². The predicted octanol–water partition coefficient (Wildman–Crippen LogP) is 4.21. The second kappa shape index (κ2) is 3.72. The highest BCUT2D eigenvalue weighted by Crippen LogP contribution is 2.39. The van der Waals surface area contributed by atoms with E-state index >= 15 is 0 Å². The lowest BCUT2D eigenvalue weighted by atomic mass is 10.1. The van der Waals surface area contributed by atoms with Crippen LogP contribution in [0.4, 0.5) is 0 Å². The van der Waals surface area contributed by atoms with Crippen molar-refractivity contribution in [3.8, 4) is 0 Å². The summed E-state index contributed by atoms with van der Waals surface area (Å²) in [7, 11) is 0. The van der Waals surface area contributed by atoms with Crippen LogP contribution in [0.5, 0.6) is 0 Å². The third-order valence-corrected chi connectivity index (χ3v) is 3.76. The van der Waals surface area contributed by atoms with Gasteiger partial charge in [0.05, 0.1) is 0 Å². The van der Waals surface area contributed by atoms with E-state index in [4.69, 9.17) is 0 Å². The van der Waals surface area contributed by atoms with E-state index in [1.807, 2.05) is 48.5 Å². The van der Waals surface area contributed by atoms with Crippen LogP contribution in [-0.4, -0.2) is 5.11 Å². The Balaban J connectivity index is 2.25. The molecule has 2 heteroatoms. The Morgan fingerprint density at radius 2 is 1.50 bits per heavy atom. The average molecular weight is 226 g/mol. The summed E-state index contributed by atoms with van der Waals surface area (Å²) in [5.41, 5.74) is 1.98. The van der Waals surface area contributed by atoms with Crippen LogP contribution in [0.15, 0.2) is 58.3 Å². The Morgan fingerprint density at radius 3 is 2.38 bits per heavy atom. The highest BCUT2D eigenvalue weighted by molar-refractivity contribution is 7.99. The molecule has 0 radical (unpaired) electrons. The van der Waals surface area contributed by atoms with Crippen LogP contribution in [-0.2, 0) is 0 Å². The monoisotopic (exact) mass is 226 g/mol. The van der Waals surface area contributed by atoms with Crippen LogP contribution in [0.1, 0.15) is 11.1 Å². The molecule has 0 bridgehead atoms. The van der Waals surface area contributed by atoms with Gasteiger partial charge in [0.2, 0.25) is 0 Å². The molecule has 1 heterocycles. The summed E-state index contributed by atoms with van der Waals surface area (Å²) in [6, 6.07) is 16.0. The third kappa shape index (κ3) is 1.51. The van der Waals surface area contributed by atoms with Gasteiger partial charge in [-0.15, -0.1) is 0 Å². The molecule has 1 aliphatic heterocycles. The van der Waals surface area contributed by atoms with Crippen LogP contribution in [0.2, 0.25) is 0 Å². The van der Waals surface area contributed by atoms with E-state index in [2.05, 4.69) is 6.07 Å².